The van der Waals surface area contributed by atoms with Crippen LogP contribution in [0.4, 0.5) is 0 Å². The van der Waals surface area contributed by atoms with Crippen LogP contribution in [0.1, 0.15) is 34.2 Å². The number of fused-ring (bicyclic) bond motifs is 1. The van der Waals surface area contributed by atoms with E-state index >= 15 is 0 Å². The summed E-state index contributed by atoms with van der Waals surface area (Å²) in [4.78, 5) is 0. The highest BCUT2D eigenvalue weighted by molar-refractivity contribution is 5.43. The summed E-state index contributed by atoms with van der Waals surface area (Å²) in [6, 6.07) is 17.3. The van der Waals surface area contributed by atoms with Crippen molar-refractivity contribution in [3.05, 3.63) is 70.8 Å². The number of aryl methyl sites for hydroxylation is 1. The van der Waals surface area contributed by atoms with Crippen molar-refractivity contribution in [1.29, 1.82) is 0 Å². The maximum absolute atomic E-state index is 6.38. The molecule has 86 valence electrons. The van der Waals surface area contributed by atoms with E-state index in [1.165, 1.54) is 22.3 Å². The highest BCUT2D eigenvalue weighted by atomic mass is 14.7. The topological polar surface area (TPSA) is 26.0 Å². The number of hydrogen-bond donors (Lipinski definition) is 1. The Bertz CT molecular complexity index is 545. The second-order valence-electron chi connectivity index (χ2n) is 4.95. The molecule has 0 aromatic heterocycles. The van der Waals surface area contributed by atoms with Gasteiger partial charge in [-0.2, -0.15) is 0 Å². The van der Waals surface area contributed by atoms with Gasteiger partial charge < -0.3 is 5.73 Å². The molecule has 2 N–H and O–H groups in total. The van der Waals surface area contributed by atoms with Crippen molar-refractivity contribution in [2.75, 3.05) is 0 Å². The van der Waals surface area contributed by atoms with Gasteiger partial charge in [0.25, 0.3) is 0 Å². The molecular formula is C16H17N. The summed E-state index contributed by atoms with van der Waals surface area (Å²) in [6.07, 6.45) is 1.12. The molecule has 0 saturated heterocycles. The minimum atomic E-state index is 0.129. The van der Waals surface area contributed by atoms with Crippen LogP contribution in [-0.2, 0) is 6.42 Å². The zero-order valence-corrected chi connectivity index (χ0v) is 10.1. The fourth-order valence-corrected chi connectivity index (χ4v) is 2.73. The summed E-state index contributed by atoms with van der Waals surface area (Å²) < 4.78 is 0. The number of hydrogen-bond acceptors (Lipinski definition) is 1. The molecule has 0 bridgehead atoms. The van der Waals surface area contributed by atoms with Crippen molar-refractivity contribution in [3.63, 3.8) is 0 Å². The molecule has 2 atom stereocenters. The normalized spacial score (nSPS) is 19.3. The second kappa shape index (κ2) is 4.01. The van der Waals surface area contributed by atoms with E-state index in [0.29, 0.717) is 5.92 Å². The van der Waals surface area contributed by atoms with Gasteiger partial charge in [0.1, 0.15) is 0 Å². The van der Waals surface area contributed by atoms with E-state index in [1.807, 2.05) is 0 Å². The van der Waals surface area contributed by atoms with Gasteiger partial charge in [-0.25, -0.2) is 0 Å². The third-order valence-electron chi connectivity index (χ3n) is 3.75. The van der Waals surface area contributed by atoms with Gasteiger partial charge in [-0.1, -0.05) is 54.1 Å². The van der Waals surface area contributed by atoms with Crippen molar-refractivity contribution in [3.8, 4) is 0 Å². The molecule has 17 heavy (non-hydrogen) atoms. The molecule has 3 rings (SSSR count). The quantitative estimate of drug-likeness (QED) is 0.830. The van der Waals surface area contributed by atoms with Crippen LogP contribution in [0.3, 0.4) is 0 Å². The minimum absolute atomic E-state index is 0.129. The van der Waals surface area contributed by atoms with Crippen molar-refractivity contribution in [1.82, 2.24) is 0 Å². The molecule has 0 fully saturated rings. The van der Waals surface area contributed by atoms with Crippen LogP contribution in [0.25, 0.3) is 0 Å². The summed E-state index contributed by atoms with van der Waals surface area (Å²) in [7, 11) is 0. The summed E-state index contributed by atoms with van der Waals surface area (Å²) in [5, 5.41) is 0. The van der Waals surface area contributed by atoms with Crippen LogP contribution in [0.2, 0.25) is 0 Å². The highest BCUT2D eigenvalue weighted by Gasteiger charge is 2.31. The van der Waals surface area contributed by atoms with E-state index in [0.717, 1.165) is 6.42 Å². The number of benzene rings is 2. The minimum Gasteiger partial charge on any atom is -0.323 e. The van der Waals surface area contributed by atoms with Gasteiger partial charge in [0.15, 0.2) is 0 Å². The van der Waals surface area contributed by atoms with Crippen LogP contribution in [0, 0.1) is 6.92 Å². The van der Waals surface area contributed by atoms with Crippen LogP contribution < -0.4 is 5.73 Å². The second-order valence-corrected chi connectivity index (χ2v) is 4.95. The van der Waals surface area contributed by atoms with Gasteiger partial charge in [0.2, 0.25) is 0 Å². The Morgan fingerprint density at radius 1 is 1.12 bits per heavy atom. The molecular weight excluding hydrogens is 206 g/mol. The largest absolute Gasteiger partial charge is 0.323 e. The van der Waals surface area contributed by atoms with E-state index in [1.54, 1.807) is 0 Å². The van der Waals surface area contributed by atoms with E-state index < -0.39 is 0 Å². The molecule has 0 aliphatic heterocycles. The molecule has 2 unspecified atom stereocenters. The van der Waals surface area contributed by atoms with Gasteiger partial charge >= 0.3 is 0 Å². The van der Waals surface area contributed by atoms with Crippen LogP contribution in [0.5, 0.6) is 0 Å². The van der Waals surface area contributed by atoms with Gasteiger partial charge in [0.05, 0.1) is 0 Å². The van der Waals surface area contributed by atoms with Gasteiger partial charge in [-0.3, -0.25) is 0 Å². The lowest BCUT2D eigenvalue weighted by atomic mass is 9.72. The third-order valence-corrected chi connectivity index (χ3v) is 3.75. The Hall–Kier alpha value is -1.60. The Kier molecular flexibility index (Phi) is 2.49. The molecule has 1 aliphatic rings. The first-order chi connectivity index (χ1) is 8.25. The average molecular weight is 223 g/mol. The fraction of sp³-hybridized carbons (Fsp3) is 0.250. The zero-order valence-electron chi connectivity index (χ0n) is 10.1. The Labute approximate surface area is 102 Å². The van der Waals surface area contributed by atoms with E-state index in [9.17, 15) is 0 Å². The monoisotopic (exact) mass is 223 g/mol. The molecule has 1 heteroatoms. The van der Waals surface area contributed by atoms with Crippen molar-refractivity contribution in [2.24, 2.45) is 5.73 Å². The maximum Gasteiger partial charge on any atom is 0.0367 e. The van der Waals surface area contributed by atoms with Crippen LogP contribution in [-0.4, -0.2) is 0 Å². The molecule has 0 spiro atoms. The first-order valence-corrected chi connectivity index (χ1v) is 6.15. The number of nitrogens with two attached hydrogens (primary N) is 1. The van der Waals surface area contributed by atoms with E-state index in [2.05, 4.69) is 55.5 Å². The lowest BCUT2D eigenvalue weighted by Gasteiger charge is -2.35. The lowest BCUT2D eigenvalue weighted by molar-refractivity contribution is 0.500. The molecule has 0 heterocycles. The van der Waals surface area contributed by atoms with Gasteiger partial charge in [-0.05, 0) is 30.0 Å². The fourth-order valence-electron chi connectivity index (χ4n) is 2.73. The summed E-state index contributed by atoms with van der Waals surface area (Å²) in [6.45, 7) is 2.12. The number of rotatable bonds is 2. The Balaban J connectivity index is 1.88. The predicted molar refractivity (Wildman–Crippen MR) is 71.0 cm³/mol. The van der Waals surface area contributed by atoms with Crippen molar-refractivity contribution >= 4 is 0 Å². The van der Waals surface area contributed by atoms with Gasteiger partial charge in [0, 0.05) is 12.0 Å². The SMILES string of the molecule is Cc1cccc(C(N)C2Cc3ccccc32)c1. The van der Waals surface area contributed by atoms with Crippen molar-refractivity contribution in [2.45, 2.75) is 25.3 Å². The maximum atomic E-state index is 6.38. The van der Waals surface area contributed by atoms with Crippen molar-refractivity contribution < 1.29 is 0 Å². The Morgan fingerprint density at radius 2 is 1.94 bits per heavy atom. The van der Waals surface area contributed by atoms with E-state index in [4.69, 9.17) is 5.73 Å². The summed E-state index contributed by atoms with van der Waals surface area (Å²) in [5.41, 5.74) is 11.8. The highest BCUT2D eigenvalue weighted by Crippen LogP contribution is 2.42. The first-order valence-electron chi connectivity index (χ1n) is 6.15. The summed E-state index contributed by atoms with van der Waals surface area (Å²) >= 11 is 0. The van der Waals surface area contributed by atoms with E-state index in [-0.39, 0.29) is 6.04 Å². The molecule has 1 nitrogen and oxygen atoms in total. The standard InChI is InChI=1S/C16H17N/c1-11-5-4-7-13(9-11)16(17)15-10-12-6-2-3-8-14(12)15/h2-9,15-16H,10,17H2,1H3. The molecule has 0 amide bonds. The third kappa shape index (κ3) is 1.77. The average Bonchev–Trinajstić information content (AvgIpc) is 2.30. The molecule has 0 saturated carbocycles. The van der Waals surface area contributed by atoms with Crippen LogP contribution in [0.15, 0.2) is 48.5 Å². The molecule has 2 aromatic rings. The zero-order chi connectivity index (χ0) is 11.8. The van der Waals surface area contributed by atoms with Gasteiger partial charge in [-0.15, -0.1) is 0 Å². The lowest BCUT2D eigenvalue weighted by Crippen LogP contribution is -2.28. The van der Waals surface area contributed by atoms with Crippen LogP contribution >= 0.6 is 0 Å². The summed E-state index contributed by atoms with van der Waals surface area (Å²) in [5.74, 6) is 0.494. The Morgan fingerprint density at radius 3 is 2.71 bits per heavy atom. The smallest absolute Gasteiger partial charge is 0.0367 e. The molecule has 1 aliphatic carbocycles. The molecule has 2 aromatic carbocycles. The first kappa shape index (κ1) is 10.5. The molecule has 0 radical (unpaired) electrons. The predicted octanol–water partition coefficient (Wildman–Crippen LogP) is 3.33.